The van der Waals surface area contributed by atoms with Crippen LogP contribution in [0.4, 0.5) is 5.69 Å². The molecule has 2 amide bonds. The predicted molar refractivity (Wildman–Crippen MR) is 80.8 cm³/mol. The summed E-state index contributed by atoms with van der Waals surface area (Å²) in [4.78, 5) is 27.2. The minimum atomic E-state index is -0.0170. The van der Waals surface area contributed by atoms with Gasteiger partial charge in [0.15, 0.2) is 0 Å². The fraction of sp³-hybridized carbons (Fsp3) is 0.429. The van der Waals surface area contributed by atoms with Crippen LogP contribution < -0.4 is 5.73 Å². The SMILES string of the molecule is CCCN1CC(=O)N(Cc2cc(N)cc(Br)c2)CC1=O. The van der Waals surface area contributed by atoms with Crippen LogP contribution in [0.25, 0.3) is 0 Å². The van der Waals surface area contributed by atoms with Gasteiger partial charge in [-0.2, -0.15) is 0 Å². The Bertz CT molecular complexity index is 513. The number of carbonyl (C=O) groups is 2. The summed E-state index contributed by atoms with van der Waals surface area (Å²) < 4.78 is 0.871. The van der Waals surface area contributed by atoms with Gasteiger partial charge in [-0.15, -0.1) is 0 Å². The lowest BCUT2D eigenvalue weighted by molar-refractivity contribution is -0.150. The van der Waals surface area contributed by atoms with Crippen molar-refractivity contribution in [3.05, 3.63) is 28.2 Å². The lowest BCUT2D eigenvalue weighted by Crippen LogP contribution is -2.53. The summed E-state index contributed by atoms with van der Waals surface area (Å²) in [5.41, 5.74) is 7.33. The summed E-state index contributed by atoms with van der Waals surface area (Å²) in [6, 6.07) is 5.53. The van der Waals surface area contributed by atoms with Crippen molar-refractivity contribution in [2.75, 3.05) is 25.4 Å². The number of hydrogen-bond donors (Lipinski definition) is 1. The first-order valence-corrected chi connectivity index (χ1v) is 7.39. The molecular weight excluding hydrogens is 322 g/mol. The van der Waals surface area contributed by atoms with Gasteiger partial charge in [0.1, 0.15) is 6.54 Å². The Hall–Kier alpha value is -1.56. The minimum Gasteiger partial charge on any atom is -0.399 e. The number of anilines is 1. The summed E-state index contributed by atoms with van der Waals surface area (Å²) in [7, 11) is 0. The number of carbonyl (C=O) groups excluding carboxylic acids is 2. The summed E-state index contributed by atoms with van der Waals surface area (Å²) >= 11 is 3.38. The van der Waals surface area contributed by atoms with Crippen LogP contribution in [0, 0.1) is 0 Å². The molecule has 1 fully saturated rings. The second kappa shape index (κ2) is 6.26. The standard InChI is InChI=1S/C14H18BrN3O2/c1-2-3-17-8-14(20)18(9-13(17)19)7-10-4-11(15)6-12(16)5-10/h4-6H,2-3,7-9,16H2,1H3. The van der Waals surface area contributed by atoms with Crippen LogP contribution in [-0.2, 0) is 16.1 Å². The largest absolute Gasteiger partial charge is 0.399 e. The van der Waals surface area contributed by atoms with Gasteiger partial charge in [0.25, 0.3) is 0 Å². The number of piperazine rings is 1. The average Bonchev–Trinajstić information content (AvgIpc) is 2.34. The number of nitrogens with zero attached hydrogens (tertiary/aromatic N) is 2. The molecule has 1 saturated heterocycles. The molecule has 0 saturated carbocycles. The molecule has 2 rings (SSSR count). The maximum absolute atomic E-state index is 12.1. The van der Waals surface area contributed by atoms with E-state index >= 15 is 0 Å². The van der Waals surface area contributed by atoms with Crippen LogP contribution in [0.1, 0.15) is 18.9 Å². The molecule has 1 aliphatic rings. The Morgan fingerprint density at radius 3 is 2.45 bits per heavy atom. The topological polar surface area (TPSA) is 66.6 Å². The van der Waals surface area contributed by atoms with Crippen LogP contribution >= 0.6 is 15.9 Å². The van der Waals surface area contributed by atoms with E-state index in [0.717, 1.165) is 16.5 Å². The molecule has 6 heteroatoms. The van der Waals surface area contributed by atoms with Gasteiger partial charge in [-0.1, -0.05) is 22.9 Å². The third kappa shape index (κ3) is 3.50. The highest BCUT2D eigenvalue weighted by Gasteiger charge is 2.29. The molecule has 1 heterocycles. The third-order valence-corrected chi connectivity index (χ3v) is 3.66. The smallest absolute Gasteiger partial charge is 0.242 e. The van der Waals surface area contributed by atoms with Crippen LogP contribution in [0.2, 0.25) is 0 Å². The fourth-order valence-electron chi connectivity index (χ4n) is 2.31. The van der Waals surface area contributed by atoms with Crippen molar-refractivity contribution < 1.29 is 9.59 Å². The molecule has 0 aromatic heterocycles. The second-order valence-electron chi connectivity index (χ2n) is 4.96. The molecule has 1 aromatic carbocycles. The van der Waals surface area contributed by atoms with Crippen molar-refractivity contribution >= 4 is 33.4 Å². The molecule has 20 heavy (non-hydrogen) atoms. The van der Waals surface area contributed by atoms with Crippen molar-refractivity contribution in [2.24, 2.45) is 0 Å². The van der Waals surface area contributed by atoms with Gasteiger partial charge in [0.05, 0.1) is 6.54 Å². The number of nitrogens with two attached hydrogens (primary N) is 1. The lowest BCUT2D eigenvalue weighted by atomic mass is 10.1. The highest BCUT2D eigenvalue weighted by molar-refractivity contribution is 9.10. The quantitative estimate of drug-likeness (QED) is 0.847. The molecule has 0 bridgehead atoms. The normalized spacial score (nSPS) is 15.9. The molecule has 0 unspecified atom stereocenters. The molecular formula is C14H18BrN3O2. The minimum absolute atomic E-state index is 0.00872. The van der Waals surface area contributed by atoms with E-state index in [1.807, 2.05) is 19.1 Å². The van der Waals surface area contributed by atoms with Gasteiger partial charge in [0.2, 0.25) is 11.8 Å². The first-order valence-electron chi connectivity index (χ1n) is 6.60. The van der Waals surface area contributed by atoms with Crippen molar-refractivity contribution in [3.8, 4) is 0 Å². The molecule has 0 spiro atoms. The molecule has 0 radical (unpaired) electrons. The van der Waals surface area contributed by atoms with Gasteiger partial charge >= 0.3 is 0 Å². The molecule has 0 aliphatic carbocycles. The number of nitrogen functional groups attached to an aromatic ring is 1. The Balaban J connectivity index is 2.07. The predicted octanol–water partition coefficient (Wildman–Crippen LogP) is 1.61. The van der Waals surface area contributed by atoms with Crippen LogP contribution in [0.15, 0.2) is 22.7 Å². The van der Waals surface area contributed by atoms with E-state index in [4.69, 9.17) is 5.73 Å². The Kier molecular flexibility index (Phi) is 4.65. The van der Waals surface area contributed by atoms with Gasteiger partial charge in [-0.3, -0.25) is 9.59 Å². The van der Waals surface area contributed by atoms with E-state index < -0.39 is 0 Å². The molecule has 0 atom stereocenters. The van der Waals surface area contributed by atoms with Crippen molar-refractivity contribution in [1.82, 2.24) is 9.80 Å². The molecule has 1 aliphatic heterocycles. The van der Waals surface area contributed by atoms with E-state index in [9.17, 15) is 9.59 Å². The van der Waals surface area contributed by atoms with Crippen molar-refractivity contribution in [3.63, 3.8) is 0 Å². The van der Waals surface area contributed by atoms with E-state index in [1.54, 1.807) is 15.9 Å². The molecule has 2 N–H and O–H groups in total. The highest BCUT2D eigenvalue weighted by Crippen LogP contribution is 2.19. The van der Waals surface area contributed by atoms with Crippen LogP contribution in [-0.4, -0.2) is 41.2 Å². The fourth-order valence-corrected chi connectivity index (χ4v) is 2.87. The van der Waals surface area contributed by atoms with E-state index in [-0.39, 0.29) is 24.9 Å². The number of amides is 2. The van der Waals surface area contributed by atoms with Crippen molar-refractivity contribution in [1.29, 1.82) is 0 Å². The lowest BCUT2D eigenvalue weighted by Gasteiger charge is -2.33. The second-order valence-corrected chi connectivity index (χ2v) is 5.87. The zero-order valence-electron chi connectivity index (χ0n) is 11.4. The Morgan fingerprint density at radius 1 is 1.15 bits per heavy atom. The molecule has 5 nitrogen and oxygen atoms in total. The maximum atomic E-state index is 12.1. The van der Waals surface area contributed by atoms with E-state index in [1.165, 1.54) is 0 Å². The van der Waals surface area contributed by atoms with Crippen LogP contribution in [0.3, 0.4) is 0 Å². The Labute approximate surface area is 126 Å². The Morgan fingerprint density at radius 2 is 1.80 bits per heavy atom. The van der Waals surface area contributed by atoms with Crippen molar-refractivity contribution in [2.45, 2.75) is 19.9 Å². The molecule has 108 valence electrons. The number of benzene rings is 1. The maximum Gasteiger partial charge on any atom is 0.242 e. The van der Waals surface area contributed by atoms with Gasteiger partial charge in [0, 0.05) is 23.2 Å². The zero-order chi connectivity index (χ0) is 14.7. The van der Waals surface area contributed by atoms with Gasteiger partial charge < -0.3 is 15.5 Å². The zero-order valence-corrected chi connectivity index (χ0v) is 13.0. The number of rotatable bonds is 4. The van der Waals surface area contributed by atoms with Gasteiger partial charge in [-0.05, 0) is 30.2 Å². The van der Waals surface area contributed by atoms with E-state index in [0.29, 0.717) is 18.8 Å². The van der Waals surface area contributed by atoms with Crippen LogP contribution in [0.5, 0.6) is 0 Å². The monoisotopic (exact) mass is 339 g/mol. The average molecular weight is 340 g/mol. The summed E-state index contributed by atoms with van der Waals surface area (Å²) in [5, 5.41) is 0. The first-order chi connectivity index (χ1) is 9.49. The summed E-state index contributed by atoms with van der Waals surface area (Å²) in [6.07, 6.45) is 0.862. The summed E-state index contributed by atoms with van der Waals surface area (Å²) in [6.45, 7) is 3.37. The third-order valence-electron chi connectivity index (χ3n) is 3.20. The summed E-state index contributed by atoms with van der Waals surface area (Å²) in [5.74, 6) is -0.00832. The van der Waals surface area contributed by atoms with Gasteiger partial charge in [-0.25, -0.2) is 0 Å². The highest BCUT2D eigenvalue weighted by atomic mass is 79.9. The first kappa shape index (κ1) is 14.8. The van der Waals surface area contributed by atoms with E-state index in [2.05, 4.69) is 15.9 Å². The number of halogens is 1. The molecule has 1 aromatic rings. The number of hydrogen-bond acceptors (Lipinski definition) is 3.